The van der Waals surface area contributed by atoms with Gasteiger partial charge in [0.1, 0.15) is 5.82 Å². The fourth-order valence-electron chi connectivity index (χ4n) is 3.00. The van der Waals surface area contributed by atoms with E-state index in [9.17, 15) is 8.42 Å². The molecule has 1 fully saturated rings. The first-order valence-electron chi connectivity index (χ1n) is 9.34. The molecule has 152 valence electrons. The summed E-state index contributed by atoms with van der Waals surface area (Å²) in [6, 6.07) is 8.53. The summed E-state index contributed by atoms with van der Waals surface area (Å²) in [5, 5.41) is 4.15. The molecule has 0 atom stereocenters. The number of rotatable bonds is 6. The van der Waals surface area contributed by atoms with Crippen LogP contribution in [0.3, 0.4) is 0 Å². The van der Waals surface area contributed by atoms with E-state index in [2.05, 4.69) is 36.4 Å². The summed E-state index contributed by atoms with van der Waals surface area (Å²) in [5.74, 6) is 1.65. The van der Waals surface area contributed by atoms with Crippen LogP contribution in [0.5, 0.6) is 0 Å². The van der Waals surface area contributed by atoms with Crippen LogP contribution in [-0.2, 0) is 16.3 Å². The average molecular weight is 423 g/mol. The van der Waals surface area contributed by atoms with Gasteiger partial charge in [0, 0.05) is 57.7 Å². The number of aromatic nitrogens is 2. The fraction of sp³-hybridized carbons (Fsp3) is 0.500. The van der Waals surface area contributed by atoms with E-state index in [0.29, 0.717) is 11.4 Å². The summed E-state index contributed by atoms with van der Waals surface area (Å²) in [4.78, 5) is 13.6. The summed E-state index contributed by atoms with van der Waals surface area (Å²) in [6.45, 7) is 5.64. The maximum Gasteiger partial charge on any atom is 0.205 e. The molecule has 1 N–H and O–H groups in total. The van der Waals surface area contributed by atoms with E-state index in [1.54, 1.807) is 31.3 Å². The molecule has 1 aromatic carbocycles. The highest BCUT2D eigenvalue weighted by molar-refractivity contribution is 7.91. The molecule has 1 aromatic heterocycles. The maximum absolute atomic E-state index is 12.4. The zero-order valence-corrected chi connectivity index (χ0v) is 17.8. The molecular weight excluding hydrogens is 396 g/mol. The Balaban J connectivity index is 1.50. The van der Waals surface area contributed by atoms with Crippen LogP contribution in [0.1, 0.15) is 12.7 Å². The number of anilines is 1. The van der Waals surface area contributed by atoms with Gasteiger partial charge in [0.25, 0.3) is 0 Å². The second-order valence-corrected chi connectivity index (χ2v) is 9.27. The summed E-state index contributed by atoms with van der Waals surface area (Å²) in [5.41, 5.74) is 0. The lowest BCUT2D eigenvalue weighted by atomic mass is 10.3. The van der Waals surface area contributed by atoms with Gasteiger partial charge >= 0.3 is 0 Å². The Morgan fingerprint density at radius 2 is 1.93 bits per heavy atom. The first kappa shape index (κ1) is 20.5. The van der Waals surface area contributed by atoms with E-state index in [1.165, 1.54) is 11.5 Å². The lowest BCUT2D eigenvalue weighted by Crippen LogP contribution is -2.53. The zero-order chi connectivity index (χ0) is 20.0. The molecule has 1 saturated heterocycles. The van der Waals surface area contributed by atoms with Crippen molar-refractivity contribution in [3.05, 3.63) is 36.2 Å². The SMILES string of the molecule is CCc1nsc(N2CCN(C(=NC)NCCS(=O)(=O)c3ccccc3)CC2)n1. The van der Waals surface area contributed by atoms with Gasteiger partial charge in [-0.05, 0) is 12.1 Å². The van der Waals surface area contributed by atoms with Crippen molar-refractivity contribution < 1.29 is 8.42 Å². The number of guanidine groups is 1. The monoisotopic (exact) mass is 422 g/mol. The van der Waals surface area contributed by atoms with Crippen molar-refractivity contribution in [1.82, 2.24) is 19.6 Å². The molecule has 0 bridgehead atoms. The van der Waals surface area contributed by atoms with Gasteiger partial charge in [0.15, 0.2) is 15.8 Å². The van der Waals surface area contributed by atoms with Gasteiger partial charge in [-0.2, -0.15) is 4.37 Å². The van der Waals surface area contributed by atoms with Crippen molar-refractivity contribution in [2.24, 2.45) is 4.99 Å². The molecule has 10 heteroatoms. The van der Waals surface area contributed by atoms with Gasteiger partial charge in [-0.1, -0.05) is 25.1 Å². The average Bonchev–Trinajstić information content (AvgIpc) is 3.21. The lowest BCUT2D eigenvalue weighted by Gasteiger charge is -2.36. The van der Waals surface area contributed by atoms with E-state index in [4.69, 9.17) is 0 Å². The van der Waals surface area contributed by atoms with Gasteiger partial charge in [-0.3, -0.25) is 4.99 Å². The number of aryl methyl sites for hydroxylation is 1. The minimum Gasteiger partial charge on any atom is -0.355 e. The Kier molecular flexibility index (Phi) is 6.84. The highest BCUT2D eigenvalue weighted by atomic mass is 32.2. The van der Waals surface area contributed by atoms with Gasteiger partial charge in [0.2, 0.25) is 5.13 Å². The van der Waals surface area contributed by atoms with E-state index >= 15 is 0 Å². The molecule has 0 saturated carbocycles. The van der Waals surface area contributed by atoms with E-state index in [0.717, 1.165) is 49.5 Å². The Morgan fingerprint density at radius 3 is 2.54 bits per heavy atom. The molecule has 8 nitrogen and oxygen atoms in total. The number of benzene rings is 1. The Labute approximate surface area is 170 Å². The Bertz CT molecular complexity index is 890. The maximum atomic E-state index is 12.4. The molecule has 0 amide bonds. The molecule has 1 aliphatic rings. The highest BCUT2D eigenvalue weighted by Gasteiger charge is 2.22. The fourth-order valence-corrected chi connectivity index (χ4v) is 4.98. The molecule has 0 radical (unpaired) electrons. The Hall–Kier alpha value is -2.20. The summed E-state index contributed by atoms with van der Waals surface area (Å²) in [7, 11) is -1.58. The van der Waals surface area contributed by atoms with Crippen molar-refractivity contribution in [2.75, 3.05) is 50.4 Å². The third kappa shape index (κ3) is 4.99. The van der Waals surface area contributed by atoms with Crippen LogP contribution in [-0.4, -0.2) is 74.2 Å². The van der Waals surface area contributed by atoms with Crippen LogP contribution in [0.4, 0.5) is 5.13 Å². The first-order chi connectivity index (χ1) is 13.5. The van der Waals surface area contributed by atoms with E-state index in [-0.39, 0.29) is 5.75 Å². The number of nitrogens with zero attached hydrogens (tertiary/aromatic N) is 5. The minimum atomic E-state index is -3.30. The van der Waals surface area contributed by atoms with Gasteiger partial charge < -0.3 is 15.1 Å². The predicted molar refractivity (Wildman–Crippen MR) is 113 cm³/mol. The molecule has 1 aliphatic heterocycles. The zero-order valence-electron chi connectivity index (χ0n) is 16.2. The third-order valence-electron chi connectivity index (χ3n) is 4.59. The molecule has 2 aromatic rings. The minimum absolute atomic E-state index is 0.0284. The molecule has 0 spiro atoms. The van der Waals surface area contributed by atoms with Crippen molar-refractivity contribution in [1.29, 1.82) is 0 Å². The van der Waals surface area contributed by atoms with Crippen molar-refractivity contribution in [2.45, 2.75) is 18.2 Å². The second-order valence-electron chi connectivity index (χ2n) is 6.43. The number of hydrogen-bond acceptors (Lipinski definition) is 7. The number of aliphatic imine (C=N–C) groups is 1. The van der Waals surface area contributed by atoms with Crippen LogP contribution in [0.2, 0.25) is 0 Å². The van der Waals surface area contributed by atoms with Crippen LogP contribution in [0.25, 0.3) is 0 Å². The number of hydrogen-bond donors (Lipinski definition) is 1. The van der Waals surface area contributed by atoms with Crippen LogP contribution in [0, 0.1) is 0 Å². The van der Waals surface area contributed by atoms with E-state index in [1.807, 2.05) is 6.07 Å². The predicted octanol–water partition coefficient (Wildman–Crippen LogP) is 1.27. The highest BCUT2D eigenvalue weighted by Crippen LogP contribution is 2.19. The normalized spacial score (nSPS) is 15.7. The second kappa shape index (κ2) is 9.33. The molecule has 2 heterocycles. The van der Waals surface area contributed by atoms with E-state index < -0.39 is 9.84 Å². The van der Waals surface area contributed by atoms with Crippen molar-refractivity contribution in [3.8, 4) is 0 Å². The largest absolute Gasteiger partial charge is 0.355 e. The standard InChI is InChI=1S/C18H26N6O2S2/c1-3-16-21-18(27-22-16)24-12-10-23(11-13-24)17(19-2)20-9-14-28(25,26)15-7-5-4-6-8-15/h4-8H,3,9-14H2,1-2H3,(H,19,20). The smallest absolute Gasteiger partial charge is 0.205 e. The molecule has 28 heavy (non-hydrogen) atoms. The molecule has 0 unspecified atom stereocenters. The number of nitrogens with one attached hydrogen (secondary N) is 1. The van der Waals surface area contributed by atoms with Gasteiger partial charge in [-0.15, -0.1) is 0 Å². The van der Waals surface area contributed by atoms with Crippen molar-refractivity contribution >= 4 is 32.5 Å². The summed E-state index contributed by atoms with van der Waals surface area (Å²) >= 11 is 1.44. The van der Waals surface area contributed by atoms with Crippen LogP contribution >= 0.6 is 11.5 Å². The lowest BCUT2D eigenvalue weighted by molar-refractivity contribution is 0.373. The van der Waals surface area contributed by atoms with Crippen LogP contribution in [0.15, 0.2) is 40.2 Å². The quantitative estimate of drug-likeness (QED) is 0.554. The van der Waals surface area contributed by atoms with Crippen LogP contribution < -0.4 is 10.2 Å². The summed E-state index contributed by atoms with van der Waals surface area (Å²) in [6.07, 6.45) is 0.846. The topological polar surface area (TPSA) is 90.8 Å². The van der Waals surface area contributed by atoms with Gasteiger partial charge in [0.05, 0.1) is 10.6 Å². The number of sulfone groups is 1. The molecule has 0 aliphatic carbocycles. The van der Waals surface area contributed by atoms with Crippen molar-refractivity contribution in [3.63, 3.8) is 0 Å². The first-order valence-corrected chi connectivity index (χ1v) is 11.8. The third-order valence-corrected chi connectivity index (χ3v) is 7.14. The summed E-state index contributed by atoms with van der Waals surface area (Å²) < 4.78 is 29.1. The van der Waals surface area contributed by atoms with Gasteiger partial charge in [-0.25, -0.2) is 13.4 Å². The Morgan fingerprint density at radius 1 is 1.21 bits per heavy atom. The molecule has 3 rings (SSSR count). The molecular formula is C18H26N6O2S2. The number of piperazine rings is 1.